The zero-order valence-corrected chi connectivity index (χ0v) is 15.9. The Hall–Kier alpha value is -2.77. The number of para-hydroxylation sites is 1. The molecular formula is C20H23F3N4O. The summed E-state index contributed by atoms with van der Waals surface area (Å²) in [7, 11) is 0. The smallest absolute Gasteiger partial charge is 0.376 e. The molecule has 1 aromatic heterocycles. The van der Waals surface area contributed by atoms with Gasteiger partial charge in [0.25, 0.3) is 0 Å². The maximum atomic E-state index is 12.6. The molecule has 1 amide bonds. The quantitative estimate of drug-likeness (QED) is 0.866. The third-order valence-electron chi connectivity index (χ3n) is 4.93. The Balaban J connectivity index is 1.53. The lowest BCUT2D eigenvalue weighted by Gasteiger charge is -2.35. The number of carbonyl (C=O) groups excluding carboxylic acids is 1. The minimum atomic E-state index is -4.39. The minimum Gasteiger partial charge on any atom is -0.376 e. The molecule has 0 unspecified atom stereocenters. The Morgan fingerprint density at radius 1 is 1.07 bits per heavy atom. The first-order valence-corrected chi connectivity index (χ1v) is 9.12. The highest BCUT2D eigenvalue weighted by molar-refractivity contribution is 5.81. The summed E-state index contributed by atoms with van der Waals surface area (Å²) in [5, 5.41) is 3.22. The molecule has 1 fully saturated rings. The van der Waals surface area contributed by atoms with Gasteiger partial charge in [0.2, 0.25) is 5.91 Å². The van der Waals surface area contributed by atoms with E-state index in [1.165, 1.54) is 6.07 Å². The average molecular weight is 392 g/mol. The van der Waals surface area contributed by atoms with Gasteiger partial charge in [-0.2, -0.15) is 13.2 Å². The summed E-state index contributed by atoms with van der Waals surface area (Å²) < 4.78 is 37.9. The predicted molar refractivity (Wildman–Crippen MR) is 102 cm³/mol. The van der Waals surface area contributed by atoms with E-state index in [4.69, 9.17) is 0 Å². The van der Waals surface area contributed by atoms with Crippen LogP contribution in [-0.2, 0) is 11.0 Å². The lowest BCUT2D eigenvalue weighted by molar-refractivity contribution is -0.137. The fourth-order valence-electron chi connectivity index (χ4n) is 3.29. The first kappa shape index (κ1) is 20.0. The Bertz CT molecular complexity index is 808. The molecular weight excluding hydrogens is 369 g/mol. The molecule has 0 radical (unpaired) electrons. The normalized spacial score (nSPS) is 14.9. The first-order valence-electron chi connectivity index (χ1n) is 9.12. The zero-order valence-electron chi connectivity index (χ0n) is 15.9. The fourth-order valence-corrected chi connectivity index (χ4v) is 3.29. The van der Waals surface area contributed by atoms with Crippen LogP contribution in [0.4, 0.5) is 24.7 Å². The minimum absolute atomic E-state index is 0.00248. The number of nitrogens with one attached hydrogen (secondary N) is 1. The maximum Gasteiger partial charge on any atom is 0.417 e. The van der Waals surface area contributed by atoms with Crippen molar-refractivity contribution in [2.45, 2.75) is 20.0 Å². The van der Waals surface area contributed by atoms with E-state index >= 15 is 0 Å². The standard InChI is InChI=1S/C20H23F3N4O/c1-14-4-3-5-15(2)19(14)25-13-18(28)27-10-8-26(9-11-27)17-7-6-16(12-24-17)20(21,22)23/h3-7,12,25H,8-11,13H2,1-2H3. The summed E-state index contributed by atoms with van der Waals surface area (Å²) >= 11 is 0. The number of pyridine rings is 1. The van der Waals surface area contributed by atoms with Crippen LogP contribution < -0.4 is 10.2 Å². The molecule has 1 aromatic carbocycles. The molecule has 2 aromatic rings. The highest BCUT2D eigenvalue weighted by Gasteiger charge is 2.31. The van der Waals surface area contributed by atoms with Crippen molar-refractivity contribution in [2.24, 2.45) is 0 Å². The van der Waals surface area contributed by atoms with E-state index < -0.39 is 11.7 Å². The third kappa shape index (κ3) is 4.55. The number of anilines is 2. The molecule has 8 heteroatoms. The van der Waals surface area contributed by atoms with Gasteiger partial charge in [-0.1, -0.05) is 18.2 Å². The number of alkyl halides is 3. The number of hydrogen-bond donors (Lipinski definition) is 1. The summed E-state index contributed by atoms with van der Waals surface area (Å²) in [5.74, 6) is 0.497. The molecule has 0 aliphatic carbocycles. The van der Waals surface area contributed by atoms with Gasteiger partial charge in [0.15, 0.2) is 0 Å². The van der Waals surface area contributed by atoms with E-state index in [0.717, 1.165) is 29.1 Å². The van der Waals surface area contributed by atoms with E-state index in [1.54, 1.807) is 4.90 Å². The van der Waals surface area contributed by atoms with Crippen molar-refractivity contribution in [3.05, 3.63) is 53.2 Å². The van der Waals surface area contributed by atoms with Crippen molar-refractivity contribution in [1.29, 1.82) is 0 Å². The molecule has 0 spiro atoms. The Morgan fingerprint density at radius 3 is 2.25 bits per heavy atom. The SMILES string of the molecule is Cc1cccc(C)c1NCC(=O)N1CCN(c2ccc(C(F)(F)F)cn2)CC1. The molecule has 1 N–H and O–H groups in total. The topological polar surface area (TPSA) is 48.5 Å². The zero-order chi connectivity index (χ0) is 20.3. The number of halogens is 3. The van der Waals surface area contributed by atoms with Gasteiger partial charge in [-0.25, -0.2) is 4.98 Å². The van der Waals surface area contributed by atoms with Gasteiger partial charge in [0.1, 0.15) is 5.82 Å². The van der Waals surface area contributed by atoms with Crippen molar-refractivity contribution in [2.75, 3.05) is 42.9 Å². The third-order valence-corrected chi connectivity index (χ3v) is 4.93. The van der Waals surface area contributed by atoms with Crippen LogP contribution in [-0.4, -0.2) is 48.5 Å². The first-order chi connectivity index (χ1) is 13.3. The van der Waals surface area contributed by atoms with Gasteiger partial charge in [0.05, 0.1) is 12.1 Å². The molecule has 0 atom stereocenters. The van der Waals surface area contributed by atoms with Gasteiger partial charge in [-0.05, 0) is 37.1 Å². The number of benzene rings is 1. The van der Waals surface area contributed by atoms with Crippen molar-refractivity contribution < 1.29 is 18.0 Å². The molecule has 5 nitrogen and oxygen atoms in total. The maximum absolute atomic E-state index is 12.6. The Kier molecular flexibility index (Phi) is 5.76. The number of piperazine rings is 1. The van der Waals surface area contributed by atoms with Crippen molar-refractivity contribution in [1.82, 2.24) is 9.88 Å². The Morgan fingerprint density at radius 2 is 1.71 bits per heavy atom. The summed E-state index contributed by atoms with van der Waals surface area (Å²) in [6, 6.07) is 8.38. The fraction of sp³-hybridized carbons (Fsp3) is 0.400. The molecule has 28 heavy (non-hydrogen) atoms. The average Bonchev–Trinajstić information content (AvgIpc) is 2.67. The second-order valence-electron chi connectivity index (χ2n) is 6.89. The van der Waals surface area contributed by atoms with E-state index in [-0.39, 0.29) is 12.5 Å². The van der Waals surface area contributed by atoms with Crippen molar-refractivity contribution >= 4 is 17.4 Å². The number of aromatic nitrogens is 1. The number of carbonyl (C=O) groups is 1. The van der Waals surface area contributed by atoms with Crippen LogP contribution in [0.5, 0.6) is 0 Å². The summed E-state index contributed by atoms with van der Waals surface area (Å²) in [6.45, 7) is 6.29. The van der Waals surface area contributed by atoms with E-state index in [9.17, 15) is 18.0 Å². The molecule has 1 saturated heterocycles. The number of hydrogen-bond acceptors (Lipinski definition) is 4. The van der Waals surface area contributed by atoms with Crippen LogP contribution in [0.3, 0.4) is 0 Å². The lowest BCUT2D eigenvalue weighted by atomic mass is 10.1. The summed E-state index contributed by atoms with van der Waals surface area (Å²) in [5.41, 5.74) is 2.39. The lowest BCUT2D eigenvalue weighted by Crippen LogP contribution is -2.50. The largest absolute Gasteiger partial charge is 0.417 e. The van der Waals surface area contributed by atoms with E-state index in [0.29, 0.717) is 32.0 Å². The van der Waals surface area contributed by atoms with Gasteiger partial charge >= 0.3 is 6.18 Å². The number of rotatable bonds is 4. The molecule has 3 rings (SSSR count). The van der Waals surface area contributed by atoms with Crippen LogP contribution in [0.2, 0.25) is 0 Å². The summed E-state index contributed by atoms with van der Waals surface area (Å²) in [6.07, 6.45) is -3.54. The van der Waals surface area contributed by atoms with Crippen LogP contribution in [0.15, 0.2) is 36.5 Å². The van der Waals surface area contributed by atoms with Crippen LogP contribution in [0.1, 0.15) is 16.7 Å². The highest BCUT2D eigenvalue weighted by atomic mass is 19.4. The van der Waals surface area contributed by atoms with E-state index in [1.807, 2.05) is 36.9 Å². The van der Waals surface area contributed by atoms with Gasteiger partial charge in [-0.15, -0.1) is 0 Å². The van der Waals surface area contributed by atoms with Gasteiger partial charge < -0.3 is 15.1 Å². The highest BCUT2D eigenvalue weighted by Crippen LogP contribution is 2.29. The second-order valence-corrected chi connectivity index (χ2v) is 6.89. The van der Waals surface area contributed by atoms with Crippen molar-refractivity contribution in [3.63, 3.8) is 0 Å². The van der Waals surface area contributed by atoms with Crippen LogP contribution >= 0.6 is 0 Å². The number of amides is 1. The summed E-state index contributed by atoms with van der Waals surface area (Å²) in [4.78, 5) is 20.1. The second kappa shape index (κ2) is 8.08. The molecule has 1 aliphatic heterocycles. The van der Waals surface area contributed by atoms with Gasteiger partial charge in [-0.3, -0.25) is 4.79 Å². The monoisotopic (exact) mass is 392 g/mol. The van der Waals surface area contributed by atoms with E-state index in [2.05, 4.69) is 10.3 Å². The molecule has 0 bridgehead atoms. The molecule has 1 aliphatic rings. The molecule has 0 saturated carbocycles. The van der Waals surface area contributed by atoms with Gasteiger partial charge in [0, 0.05) is 38.1 Å². The number of nitrogens with zero attached hydrogens (tertiary/aromatic N) is 3. The van der Waals surface area contributed by atoms with Crippen LogP contribution in [0, 0.1) is 13.8 Å². The molecule has 150 valence electrons. The molecule has 2 heterocycles. The van der Waals surface area contributed by atoms with Crippen LogP contribution in [0.25, 0.3) is 0 Å². The predicted octanol–water partition coefficient (Wildman–Crippen LogP) is 3.48. The number of aryl methyl sites for hydroxylation is 2. The Labute approximate surface area is 162 Å². The van der Waals surface area contributed by atoms with Crippen molar-refractivity contribution in [3.8, 4) is 0 Å².